The number of methoxy groups -OCH3 is 1. The van der Waals surface area contributed by atoms with Gasteiger partial charge in [0.25, 0.3) is 5.91 Å². The minimum absolute atomic E-state index is 0.0958. The third-order valence-electron chi connectivity index (χ3n) is 5.09. The van der Waals surface area contributed by atoms with Crippen LogP contribution < -0.4 is 4.74 Å². The molecule has 1 aliphatic heterocycles. The molecule has 1 N–H and O–H groups in total. The summed E-state index contributed by atoms with van der Waals surface area (Å²) in [5.74, 6) is -0.605. The first-order chi connectivity index (χ1) is 12.0. The van der Waals surface area contributed by atoms with Gasteiger partial charge in [-0.05, 0) is 38.2 Å². The lowest BCUT2D eigenvalue weighted by Gasteiger charge is -2.23. The standard InChI is InChI=1S/C18H24N2O5/c1-24-12-18(17(22)23)8-9-20(11-18)16(21)13-6-7-15(19-10-13)25-14-4-2-3-5-14/h6-7,10,14H,2-5,8-9,11-12H2,1H3,(H,22,23). The number of hydrogen-bond acceptors (Lipinski definition) is 5. The van der Waals surface area contributed by atoms with Gasteiger partial charge in [0.1, 0.15) is 11.5 Å². The Bertz CT molecular complexity index is 627. The lowest BCUT2D eigenvalue weighted by atomic mass is 9.88. The smallest absolute Gasteiger partial charge is 0.313 e. The first kappa shape index (κ1) is 17.7. The van der Waals surface area contributed by atoms with Crippen LogP contribution in [0.1, 0.15) is 42.5 Å². The van der Waals surface area contributed by atoms with Crippen LogP contribution in [0.5, 0.6) is 5.88 Å². The minimum Gasteiger partial charge on any atom is -0.481 e. The molecule has 1 aromatic heterocycles. The molecule has 1 unspecified atom stereocenters. The van der Waals surface area contributed by atoms with E-state index in [1.54, 1.807) is 17.0 Å². The molecule has 2 fully saturated rings. The lowest BCUT2D eigenvalue weighted by Crippen LogP contribution is -2.40. The zero-order valence-corrected chi connectivity index (χ0v) is 14.4. The summed E-state index contributed by atoms with van der Waals surface area (Å²) in [7, 11) is 1.47. The fourth-order valence-corrected chi connectivity index (χ4v) is 3.61. The Labute approximate surface area is 146 Å². The number of rotatable bonds is 6. The second-order valence-electron chi connectivity index (χ2n) is 6.90. The van der Waals surface area contributed by atoms with E-state index in [1.807, 2.05) is 0 Å². The van der Waals surface area contributed by atoms with Gasteiger partial charge in [0, 0.05) is 32.5 Å². The highest BCUT2D eigenvalue weighted by molar-refractivity contribution is 5.94. The molecule has 1 saturated carbocycles. The molecule has 1 saturated heterocycles. The maximum Gasteiger partial charge on any atom is 0.313 e. The number of carboxylic acids is 1. The van der Waals surface area contributed by atoms with E-state index in [4.69, 9.17) is 9.47 Å². The zero-order chi connectivity index (χ0) is 17.9. The van der Waals surface area contributed by atoms with E-state index in [0.29, 0.717) is 24.4 Å². The average molecular weight is 348 g/mol. The number of hydrogen-bond donors (Lipinski definition) is 1. The van der Waals surface area contributed by atoms with E-state index >= 15 is 0 Å². The third-order valence-corrected chi connectivity index (χ3v) is 5.09. The third kappa shape index (κ3) is 3.76. The number of carbonyl (C=O) groups excluding carboxylic acids is 1. The van der Waals surface area contributed by atoms with Gasteiger partial charge >= 0.3 is 5.97 Å². The van der Waals surface area contributed by atoms with Crippen molar-refractivity contribution in [3.63, 3.8) is 0 Å². The summed E-state index contributed by atoms with van der Waals surface area (Å²) < 4.78 is 10.9. The predicted molar refractivity (Wildman–Crippen MR) is 89.6 cm³/mol. The van der Waals surface area contributed by atoms with Gasteiger partial charge in [0.05, 0.1) is 12.2 Å². The van der Waals surface area contributed by atoms with Crippen LogP contribution in [0.2, 0.25) is 0 Å². The molecule has 7 nitrogen and oxygen atoms in total. The van der Waals surface area contributed by atoms with Crippen LogP contribution in [-0.4, -0.2) is 59.8 Å². The van der Waals surface area contributed by atoms with E-state index in [9.17, 15) is 14.7 Å². The van der Waals surface area contributed by atoms with Gasteiger partial charge in [0.2, 0.25) is 5.88 Å². The Hall–Kier alpha value is -2.15. The SMILES string of the molecule is COCC1(C(=O)O)CCN(C(=O)c2ccc(OC3CCCC3)nc2)C1. The van der Waals surface area contributed by atoms with Gasteiger partial charge in [-0.3, -0.25) is 9.59 Å². The van der Waals surface area contributed by atoms with Crippen LogP contribution in [-0.2, 0) is 9.53 Å². The molecule has 136 valence electrons. The molecule has 0 bridgehead atoms. The van der Waals surface area contributed by atoms with Crippen molar-refractivity contribution in [2.75, 3.05) is 26.8 Å². The number of likely N-dealkylation sites (tertiary alicyclic amines) is 1. The highest BCUT2D eigenvalue weighted by atomic mass is 16.5. The van der Waals surface area contributed by atoms with Gasteiger partial charge in [-0.15, -0.1) is 0 Å². The second-order valence-corrected chi connectivity index (χ2v) is 6.90. The van der Waals surface area contributed by atoms with Crippen molar-refractivity contribution < 1.29 is 24.2 Å². The Balaban J connectivity index is 1.64. The van der Waals surface area contributed by atoms with Crippen LogP contribution in [0, 0.1) is 5.41 Å². The summed E-state index contributed by atoms with van der Waals surface area (Å²) in [4.78, 5) is 30.0. The number of amides is 1. The molecule has 3 rings (SSSR count). The fourth-order valence-electron chi connectivity index (χ4n) is 3.61. The van der Waals surface area contributed by atoms with E-state index in [-0.39, 0.29) is 25.2 Å². The number of ether oxygens (including phenoxy) is 2. The largest absolute Gasteiger partial charge is 0.481 e. The van der Waals surface area contributed by atoms with Gasteiger partial charge in [0.15, 0.2) is 0 Å². The molecule has 1 amide bonds. The van der Waals surface area contributed by atoms with E-state index in [0.717, 1.165) is 12.8 Å². The van der Waals surface area contributed by atoms with E-state index < -0.39 is 11.4 Å². The quantitative estimate of drug-likeness (QED) is 0.845. The van der Waals surface area contributed by atoms with Crippen LogP contribution in [0.25, 0.3) is 0 Å². The average Bonchev–Trinajstić information content (AvgIpc) is 3.26. The Morgan fingerprint density at radius 3 is 2.72 bits per heavy atom. The van der Waals surface area contributed by atoms with Gasteiger partial charge < -0.3 is 19.5 Å². The Kier molecular flexibility index (Phi) is 5.22. The van der Waals surface area contributed by atoms with Crippen molar-refractivity contribution in [2.24, 2.45) is 5.41 Å². The monoisotopic (exact) mass is 348 g/mol. The molecule has 0 aromatic carbocycles. The molecule has 0 radical (unpaired) electrons. The Morgan fingerprint density at radius 1 is 1.36 bits per heavy atom. The van der Waals surface area contributed by atoms with E-state index in [1.165, 1.54) is 26.1 Å². The highest BCUT2D eigenvalue weighted by Crippen LogP contribution is 2.32. The van der Waals surface area contributed by atoms with Crippen molar-refractivity contribution in [2.45, 2.75) is 38.2 Å². The van der Waals surface area contributed by atoms with Crippen molar-refractivity contribution in [1.29, 1.82) is 0 Å². The van der Waals surface area contributed by atoms with Crippen molar-refractivity contribution in [3.05, 3.63) is 23.9 Å². The molecule has 7 heteroatoms. The van der Waals surface area contributed by atoms with Gasteiger partial charge in [-0.2, -0.15) is 0 Å². The molecule has 1 atom stereocenters. The summed E-state index contributed by atoms with van der Waals surface area (Å²) >= 11 is 0. The number of carboxylic acid groups (broad SMARTS) is 1. The summed E-state index contributed by atoms with van der Waals surface area (Å²) in [5.41, 5.74) is -0.582. The summed E-state index contributed by atoms with van der Waals surface area (Å²) in [6.07, 6.45) is 6.58. The van der Waals surface area contributed by atoms with Gasteiger partial charge in [-0.25, -0.2) is 4.98 Å². The highest BCUT2D eigenvalue weighted by Gasteiger charge is 2.46. The molecule has 1 aromatic rings. The molecule has 2 heterocycles. The summed E-state index contributed by atoms with van der Waals surface area (Å²) in [6, 6.07) is 3.40. The number of pyridine rings is 1. The van der Waals surface area contributed by atoms with Crippen molar-refractivity contribution in [1.82, 2.24) is 9.88 Å². The maximum absolute atomic E-state index is 12.6. The lowest BCUT2D eigenvalue weighted by molar-refractivity contribution is -0.151. The normalized spacial score (nSPS) is 23.8. The summed E-state index contributed by atoms with van der Waals surface area (Å²) in [5, 5.41) is 9.49. The predicted octanol–water partition coefficient (Wildman–Crippen LogP) is 1.97. The van der Waals surface area contributed by atoms with Crippen LogP contribution in [0.15, 0.2) is 18.3 Å². The maximum atomic E-state index is 12.6. The van der Waals surface area contributed by atoms with Crippen molar-refractivity contribution in [3.8, 4) is 5.88 Å². The topological polar surface area (TPSA) is 89.0 Å². The first-order valence-electron chi connectivity index (χ1n) is 8.68. The second kappa shape index (κ2) is 7.39. The van der Waals surface area contributed by atoms with Crippen LogP contribution >= 0.6 is 0 Å². The van der Waals surface area contributed by atoms with E-state index in [2.05, 4.69) is 4.98 Å². The number of aromatic nitrogens is 1. The molecule has 25 heavy (non-hydrogen) atoms. The van der Waals surface area contributed by atoms with Crippen LogP contribution in [0.3, 0.4) is 0 Å². The Morgan fingerprint density at radius 2 is 2.12 bits per heavy atom. The first-order valence-corrected chi connectivity index (χ1v) is 8.68. The molecule has 2 aliphatic rings. The number of nitrogens with zero attached hydrogens (tertiary/aromatic N) is 2. The summed E-state index contributed by atoms with van der Waals surface area (Å²) in [6.45, 7) is 0.642. The molecule has 1 aliphatic carbocycles. The van der Waals surface area contributed by atoms with Crippen LogP contribution in [0.4, 0.5) is 0 Å². The van der Waals surface area contributed by atoms with Gasteiger partial charge in [-0.1, -0.05) is 0 Å². The number of aliphatic carboxylic acids is 1. The molecular formula is C18H24N2O5. The number of carbonyl (C=O) groups is 2. The van der Waals surface area contributed by atoms with Crippen molar-refractivity contribution >= 4 is 11.9 Å². The molecular weight excluding hydrogens is 324 g/mol. The fraction of sp³-hybridized carbons (Fsp3) is 0.611. The minimum atomic E-state index is -1.02. The zero-order valence-electron chi connectivity index (χ0n) is 14.4. The molecule has 0 spiro atoms.